The van der Waals surface area contributed by atoms with Crippen LogP contribution in [0.5, 0.6) is 0 Å². The van der Waals surface area contributed by atoms with Crippen molar-refractivity contribution < 1.29 is 5.11 Å². The van der Waals surface area contributed by atoms with Crippen LogP contribution < -0.4 is 5.32 Å². The lowest BCUT2D eigenvalue weighted by molar-refractivity contribution is 0.161. The largest absolute Gasteiger partial charge is 0.387 e. The summed E-state index contributed by atoms with van der Waals surface area (Å²) in [5.41, 5.74) is 1.14. The molecule has 3 atom stereocenters. The number of likely N-dealkylation sites (N-methyl/N-ethyl adjacent to an activating group) is 1. The van der Waals surface area contributed by atoms with Gasteiger partial charge in [0, 0.05) is 6.04 Å². The van der Waals surface area contributed by atoms with Gasteiger partial charge in [-0.2, -0.15) is 0 Å². The Balaban J connectivity index is 2.69. The third kappa shape index (κ3) is 2.42. The van der Waals surface area contributed by atoms with Crippen molar-refractivity contribution in [2.24, 2.45) is 5.92 Å². The molecule has 1 aliphatic carbocycles. The fourth-order valence-corrected chi connectivity index (χ4v) is 1.60. The van der Waals surface area contributed by atoms with Gasteiger partial charge < -0.3 is 10.4 Å². The van der Waals surface area contributed by atoms with Crippen molar-refractivity contribution in [1.82, 2.24) is 5.32 Å². The van der Waals surface area contributed by atoms with E-state index in [1.807, 2.05) is 26.1 Å². The van der Waals surface area contributed by atoms with E-state index in [1.54, 1.807) is 0 Å². The predicted molar refractivity (Wildman–Crippen MR) is 55.5 cm³/mol. The Labute approximate surface area is 80.3 Å². The van der Waals surface area contributed by atoms with Crippen LogP contribution in [0.25, 0.3) is 0 Å². The molecule has 0 saturated carbocycles. The third-order valence-electron chi connectivity index (χ3n) is 2.75. The second kappa shape index (κ2) is 4.58. The molecule has 0 radical (unpaired) electrons. The predicted octanol–water partition coefficient (Wildman–Crippen LogP) is 1.48. The van der Waals surface area contributed by atoms with Gasteiger partial charge in [-0.05, 0) is 31.9 Å². The highest BCUT2D eigenvalue weighted by Crippen LogP contribution is 2.24. The molecule has 1 aliphatic rings. The molecule has 0 spiro atoms. The van der Waals surface area contributed by atoms with Gasteiger partial charge in [-0.3, -0.25) is 0 Å². The van der Waals surface area contributed by atoms with Crippen molar-refractivity contribution in [3.8, 4) is 0 Å². The van der Waals surface area contributed by atoms with Crippen LogP contribution in [-0.4, -0.2) is 24.3 Å². The zero-order chi connectivity index (χ0) is 9.84. The van der Waals surface area contributed by atoms with E-state index in [1.165, 1.54) is 0 Å². The van der Waals surface area contributed by atoms with Crippen molar-refractivity contribution in [2.45, 2.75) is 32.4 Å². The fourth-order valence-electron chi connectivity index (χ4n) is 1.60. The summed E-state index contributed by atoms with van der Waals surface area (Å²) >= 11 is 0. The molecule has 0 aliphatic heterocycles. The van der Waals surface area contributed by atoms with E-state index in [9.17, 15) is 5.11 Å². The number of nitrogens with one attached hydrogen (secondary N) is 1. The molecule has 13 heavy (non-hydrogen) atoms. The highest BCUT2D eigenvalue weighted by atomic mass is 16.3. The zero-order valence-electron chi connectivity index (χ0n) is 8.62. The maximum absolute atomic E-state index is 9.95. The monoisotopic (exact) mass is 181 g/mol. The average Bonchev–Trinajstić information content (AvgIpc) is 2.16. The molecule has 2 nitrogen and oxygen atoms in total. The van der Waals surface area contributed by atoms with Crippen LogP contribution in [0.3, 0.4) is 0 Å². The van der Waals surface area contributed by atoms with Gasteiger partial charge in [-0.25, -0.2) is 0 Å². The third-order valence-corrected chi connectivity index (χ3v) is 2.75. The van der Waals surface area contributed by atoms with Gasteiger partial charge in [-0.15, -0.1) is 0 Å². The number of aliphatic hydroxyl groups is 1. The van der Waals surface area contributed by atoms with Crippen LogP contribution in [0.1, 0.15) is 20.3 Å². The Kier molecular flexibility index (Phi) is 3.70. The molecular weight excluding hydrogens is 162 g/mol. The van der Waals surface area contributed by atoms with E-state index < -0.39 is 0 Å². The normalized spacial score (nSPS) is 26.8. The van der Waals surface area contributed by atoms with Crippen LogP contribution in [-0.2, 0) is 0 Å². The summed E-state index contributed by atoms with van der Waals surface area (Å²) in [6.45, 7) is 4.15. The van der Waals surface area contributed by atoms with Crippen LogP contribution >= 0.6 is 0 Å². The molecule has 0 heterocycles. The summed E-state index contributed by atoms with van der Waals surface area (Å²) in [7, 11) is 1.87. The standard InChI is InChI=1S/C11H19NO/c1-8-6-4-5-7-10(8)11(13)9(2)12-3/h4-5,7-9,11-13H,6H2,1-3H3. The summed E-state index contributed by atoms with van der Waals surface area (Å²) in [5, 5.41) is 13.0. The molecule has 0 aromatic carbocycles. The number of hydrogen-bond donors (Lipinski definition) is 2. The quantitative estimate of drug-likeness (QED) is 0.691. The van der Waals surface area contributed by atoms with Gasteiger partial charge in [-0.1, -0.05) is 25.2 Å². The summed E-state index contributed by atoms with van der Waals surface area (Å²) < 4.78 is 0. The SMILES string of the molecule is CNC(C)C(O)C1=CC=CCC1C. The lowest BCUT2D eigenvalue weighted by Gasteiger charge is -2.26. The molecular formula is C11H19NO. The molecule has 2 N–H and O–H groups in total. The first-order chi connectivity index (χ1) is 6.16. The summed E-state index contributed by atoms with van der Waals surface area (Å²) in [5.74, 6) is 0.468. The summed E-state index contributed by atoms with van der Waals surface area (Å²) in [6.07, 6.45) is 6.89. The number of allylic oxidation sites excluding steroid dienone is 3. The van der Waals surface area contributed by atoms with Gasteiger partial charge >= 0.3 is 0 Å². The van der Waals surface area contributed by atoms with Gasteiger partial charge in [0.25, 0.3) is 0 Å². The smallest absolute Gasteiger partial charge is 0.0906 e. The van der Waals surface area contributed by atoms with E-state index in [4.69, 9.17) is 0 Å². The van der Waals surface area contributed by atoms with E-state index in [-0.39, 0.29) is 12.1 Å². The molecule has 3 unspecified atom stereocenters. The minimum Gasteiger partial charge on any atom is -0.387 e. The summed E-state index contributed by atoms with van der Waals surface area (Å²) in [4.78, 5) is 0. The molecule has 0 aromatic heterocycles. The second-order valence-corrected chi connectivity index (χ2v) is 3.75. The Morgan fingerprint density at radius 1 is 1.62 bits per heavy atom. The van der Waals surface area contributed by atoms with Gasteiger partial charge in [0.2, 0.25) is 0 Å². The maximum Gasteiger partial charge on any atom is 0.0906 e. The average molecular weight is 181 g/mol. The molecule has 0 fully saturated rings. The highest BCUT2D eigenvalue weighted by Gasteiger charge is 2.21. The second-order valence-electron chi connectivity index (χ2n) is 3.75. The van der Waals surface area contributed by atoms with E-state index >= 15 is 0 Å². The van der Waals surface area contributed by atoms with Crippen LogP contribution in [0.2, 0.25) is 0 Å². The lowest BCUT2D eigenvalue weighted by Crippen LogP contribution is -2.37. The van der Waals surface area contributed by atoms with Crippen molar-refractivity contribution in [3.05, 3.63) is 23.8 Å². The fraction of sp³-hybridized carbons (Fsp3) is 0.636. The summed E-state index contributed by atoms with van der Waals surface area (Å²) in [6, 6.07) is 0.125. The van der Waals surface area contributed by atoms with Crippen LogP contribution in [0.15, 0.2) is 23.8 Å². The van der Waals surface area contributed by atoms with E-state index in [0.29, 0.717) is 5.92 Å². The first kappa shape index (κ1) is 10.5. The van der Waals surface area contributed by atoms with Crippen molar-refractivity contribution in [3.63, 3.8) is 0 Å². The zero-order valence-corrected chi connectivity index (χ0v) is 8.62. The van der Waals surface area contributed by atoms with Crippen molar-refractivity contribution >= 4 is 0 Å². The lowest BCUT2D eigenvalue weighted by atomic mass is 9.87. The Hall–Kier alpha value is -0.600. The minimum atomic E-state index is -0.357. The Morgan fingerprint density at radius 3 is 2.85 bits per heavy atom. The number of aliphatic hydroxyl groups excluding tert-OH is 1. The number of rotatable bonds is 3. The molecule has 1 rings (SSSR count). The van der Waals surface area contributed by atoms with Gasteiger partial charge in [0.15, 0.2) is 0 Å². The topological polar surface area (TPSA) is 32.3 Å². The Bertz CT molecular complexity index is 220. The van der Waals surface area contributed by atoms with Gasteiger partial charge in [0.1, 0.15) is 0 Å². The Morgan fingerprint density at radius 2 is 2.31 bits per heavy atom. The van der Waals surface area contributed by atoms with E-state index in [0.717, 1.165) is 12.0 Å². The first-order valence-electron chi connectivity index (χ1n) is 4.88. The molecule has 2 heteroatoms. The molecule has 0 aromatic rings. The van der Waals surface area contributed by atoms with Crippen LogP contribution in [0.4, 0.5) is 0 Å². The minimum absolute atomic E-state index is 0.125. The van der Waals surface area contributed by atoms with Crippen molar-refractivity contribution in [2.75, 3.05) is 7.05 Å². The van der Waals surface area contributed by atoms with Crippen LogP contribution in [0, 0.1) is 5.92 Å². The van der Waals surface area contributed by atoms with E-state index in [2.05, 4.69) is 18.3 Å². The molecule has 0 saturated heterocycles. The molecule has 74 valence electrons. The molecule has 0 amide bonds. The highest BCUT2D eigenvalue weighted by molar-refractivity contribution is 5.24. The molecule has 0 bridgehead atoms. The van der Waals surface area contributed by atoms with Crippen molar-refractivity contribution in [1.29, 1.82) is 0 Å². The van der Waals surface area contributed by atoms with Gasteiger partial charge in [0.05, 0.1) is 6.10 Å². The first-order valence-corrected chi connectivity index (χ1v) is 4.88. The number of hydrogen-bond acceptors (Lipinski definition) is 2. The maximum atomic E-state index is 9.95.